The topological polar surface area (TPSA) is 78.9 Å². The molecule has 2 amide bonds. The fourth-order valence-corrected chi connectivity index (χ4v) is 4.56. The number of carbonyl (C=O) groups excluding carboxylic acids is 2. The normalized spacial score (nSPS) is 17.0. The summed E-state index contributed by atoms with van der Waals surface area (Å²) in [5.41, 5.74) is 2.76. The number of carbonyl (C=O) groups is 2. The van der Waals surface area contributed by atoms with Crippen molar-refractivity contribution in [3.63, 3.8) is 0 Å². The number of aromatic nitrogens is 2. The number of nitrogens with zero attached hydrogens (tertiary/aromatic N) is 5. The predicted molar refractivity (Wildman–Crippen MR) is 120 cm³/mol. The van der Waals surface area contributed by atoms with Crippen LogP contribution >= 0.6 is 11.3 Å². The Morgan fingerprint density at radius 2 is 1.73 bits per heavy atom. The molecule has 0 spiro atoms. The fraction of sp³-hybridized carbons (Fsp3) is 0.304. The third-order valence-electron chi connectivity index (χ3n) is 5.93. The molecule has 0 unspecified atom stereocenters. The predicted octanol–water partition coefficient (Wildman–Crippen LogP) is 2.75. The lowest BCUT2D eigenvalue weighted by molar-refractivity contribution is 0.00844. The third kappa shape index (κ3) is 4.71. The SMILES string of the molecule is O=C(c1ccc(Oc2cccc(F)n2)cc1)N1CC(N2CCN(C(=O)c3cscn3)CC2)C1. The lowest BCUT2D eigenvalue weighted by Gasteiger charge is -2.48. The number of piperazine rings is 1. The Balaban J connectivity index is 1.10. The van der Waals surface area contributed by atoms with Crippen LogP contribution in [0.5, 0.6) is 11.6 Å². The van der Waals surface area contributed by atoms with E-state index in [4.69, 9.17) is 4.74 Å². The maximum atomic E-state index is 13.2. The molecule has 0 radical (unpaired) electrons. The summed E-state index contributed by atoms with van der Waals surface area (Å²) in [7, 11) is 0. The number of thiazole rings is 1. The van der Waals surface area contributed by atoms with Gasteiger partial charge in [-0.3, -0.25) is 14.5 Å². The summed E-state index contributed by atoms with van der Waals surface area (Å²) >= 11 is 1.42. The molecule has 4 heterocycles. The first-order valence-corrected chi connectivity index (χ1v) is 11.6. The van der Waals surface area contributed by atoms with Gasteiger partial charge in [0.2, 0.25) is 11.8 Å². The average Bonchev–Trinajstić information content (AvgIpc) is 3.34. The van der Waals surface area contributed by atoms with Crippen LogP contribution in [0.4, 0.5) is 4.39 Å². The molecule has 33 heavy (non-hydrogen) atoms. The van der Waals surface area contributed by atoms with Crippen molar-refractivity contribution >= 4 is 23.2 Å². The first-order chi connectivity index (χ1) is 16.1. The van der Waals surface area contributed by atoms with Crippen molar-refractivity contribution in [1.29, 1.82) is 0 Å². The molecule has 170 valence electrons. The number of benzene rings is 1. The Bertz CT molecular complexity index is 1130. The molecule has 10 heteroatoms. The molecule has 0 saturated carbocycles. The number of hydrogen-bond acceptors (Lipinski definition) is 7. The molecule has 2 saturated heterocycles. The van der Waals surface area contributed by atoms with Crippen molar-refractivity contribution in [3.8, 4) is 11.6 Å². The van der Waals surface area contributed by atoms with Gasteiger partial charge in [0.25, 0.3) is 11.8 Å². The second-order valence-electron chi connectivity index (χ2n) is 7.99. The van der Waals surface area contributed by atoms with Gasteiger partial charge < -0.3 is 14.5 Å². The second kappa shape index (κ2) is 9.24. The molecular formula is C23H22FN5O3S. The van der Waals surface area contributed by atoms with Gasteiger partial charge >= 0.3 is 0 Å². The first-order valence-electron chi connectivity index (χ1n) is 10.7. The molecule has 2 fully saturated rings. The van der Waals surface area contributed by atoms with Crippen LogP contribution in [0.25, 0.3) is 0 Å². The van der Waals surface area contributed by atoms with E-state index in [1.807, 2.05) is 9.80 Å². The van der Waals surface area contributed by atoms with Crippen molar-refractivity contribution in [2.24, 2.45) is 0 Å². The van der Waals surface area contributed by atoms with Gasteiger partial charge in [-0.1, -0.05) is 6.07 Å². The zero-order valence-corrected chi connectivity index (χ0v) is 18.6. The van der Waals surface area contributed by atoms with E-state index in [1.54, 1.807) is 41.2 Å². The molecule has 0 bridgehead atoms. The summed E-state index contributed by atoms with van der Waals surface area (Å²) in [5.74, 6) is -0.00990. The van der Waals surface area contributed by atoms with Crippen molar-refractivity contribution < 1.29 is 18.7 Å². The summed E-state index contributed by atoms with van der Waals surface area (Å²) in [6, 6.07) is 11.4. The van der Waals surface area contributed by atoms with E-state index in [2.05, 4.69) is 14.9 Å². The van der Waals surface area contributed by atoms with Crippen LogP contribution < -0.4 is 4.74 Å². The Labute approximate surface area is 194 Å². The maximum Gasteiger partial charge on any atom is 0.273 e. The molecule has 0 N–H and O–H groups in total. The van der Waals surface area contributed by atoms with Crippen LogP contribution in [0.2, 0.25) is 0 Å². The minimum atomic E-state index is -0.612. The summed E-state index contributed by atoms with van der Waals surface area (Å²) in [5, 5.41) is 1.78. The molecule has 8 nitrogen and oxygen atoms in total. The van der Waals surface area contributed by atoms with Crippen molar-refractivity contribution in [3.05, 3.63) is 70.6 Å². The monoisotopic (exact) mass is 467 g/mol. The van der Waals surface area contributed by atoms with Crippen molar-refractivity contribution in [2.75, 3.05) is 39.3 Å². The fourth-order valence-electron chi connectivity index (χ4n) is 4.04. The van der Waals surface area contributed by atoms with Gasteiger partial charge in [-0.15, -0.1) is 11.3 Å². The van der Waals surface area contributed by atoms with E-state index in [1.165, 1.54) is 23.5 Å². The van der Waals surface area contributed by atoms with Crippen LogP contribution in [0.15, 0.2) is 53.4 Å². The largest absolute Gasteiger partial charge is 0.439 e. The highest BCUT2D eigenvalue weighted by Crippen LogP contribution is 2.23. The third-order valence-corrected chi connectivity index (χ3v) is 6.52. The minimum Gasteiger partial charge on any atom is -0.439 e. The van der Waals surface area contributed by atoms with Crippen LogP contribution in [0, 0.1) is 5.95 Å². The minimum absolute atomic E-state index is 0.0121. The Morgan fingerprint density at radius 3 is 2.39 bits per heavy atom. The zero-order valence-electron chi connectivity index (χ0n) is 17.8. The number of likely N-dealkylation sites (tertiary alicyclic amines) is 1. The smallest absolute Gasteiger partial charge is 0.273 e. The van der Waals surface area contributed by atoms with E-state index in [0.717, 1.165) is 13.1 Å². The number of halogens is 1. The molecule has 3 aromatic rings. The van der Waals surface area contributed by atoms with Gasteiger partial charge in [0.05, 0.1) is 5.51 Å². The first kappa shape index (κ1) is 21.5. The standard InChI is InChI=1S/C23H22FN5O3S/c24-20-2-1-3-21(26-20)32-18-6-4-16(5-7-18)22(30)29-12-17(13-29)27-8-10-28(11-9-27)23(31)19-14-33-15-25-19/h1-7,14-15,17H,8-13H2. The Hall–Kier alpha value is -3.37. The Morgan fingerprint density at radius 1 is 0.970 bits per heavy atom. The van der Waals surface area contributed by atoms with E-state index in [0.29, 0.717) is 49.2 Å². The number of hydrogen-bond donors (Lipinski definition) is 0. The molecule has 0 atom stereocenters. The quantitative estimate of drug-likeness (QED) is 0.537. The van der Waals surface area contributed by atoms with Gasteiger partial charge in [-0.2, -0.15) is 9.37 Å². The number of rotatable bonds is 5. The maximum absolute atomic E-state index is 13.2. The average molecular weight is 468 g/mol. The summed E-state index contributed by atoms with van der Waals surface area (Å²) in [6.07, 6.45) is 0. The zero-order chi connectivity index (χ0) is 22.8. The lowest BCUT2D eigenvalue weighted by atomic mass is 10.0. The number of ether oxygens (including phenoxy) is 1. The number of amides is 2. The van der Waals surface area contributed by atoms with Crippen LogP contribution in [0.1, 0.15) is 20.8 Å². The molecule has 0 aliphatic carbocycles. The van der Waals surface area contributed by atoms with Crippen LogP contribution in [-0.4, -0.2) is 81.8 Å². The van der Waals surface area contributed by atoms with Crippen LogP contribution in [0.3, 0.4) is 0 Å². The molecular weight excluding hydrogens is 445 g/mol. The van der Waals surface area contributed by atoms with Gasteiger partial charge in [-0.05, 0) is 30.3 Å². The Kier molecular flexibility index (Phi) is 6.01. The van der Waals surface area contributed by atoms with E-state index < -0.39 is 5.95 Å². The molecule has 2 aliphatic heterocycles. The second-order valence-corrected chi connectivity index (χ2v) is 8.71. The van der Waals surface area contributed by atoms with Gasteiger partial charge in [0, 0.05) is 62.3 Å². The summed E-state index contributed by atoms with van der Waals surface area (Å²) in [4.78, 5) is 39.0. The highest BCUT2D eigenvalue weighted by atomic mass is 32.1. The summed E-state index contributed by atoms with van der Waals surface area (Å²) in [6.45, 7) is 4.27. The van der Waals surface area contributed by atoms with Crippen molar-refractivity contribution in [1.82, 2.24) is 24.7 Å². The number of pyridine rings is 1. The highest BCUT2D eigenvalue weighted by molar-refractivity contribution is 7.07. The van der Waals surface area contributed by atoms with Gasteiger partial charge in [0.15, 0.2) is 0 Å². The molecule has 5 rings (SSSR count). The molecule has 1 aromatic carbocycles. The highest BCUT2D eigenvalue weighted by Gasteiger charge is 2.37. The van der Waals surface area contributed by atoms with Crippen LogP contribution in [-0.2, 0) is 0 Å². The van der Waals surface area contributed by atoms with Gasteiger partial charge in [-0.25, -0.2) is 4.98 Å². The van der Waals surface area contributed by atoms with E-state index in [-0.39, 0.29) is 17.7 Å². The van der Waals surface area contributed by atoms with E-state index >= 15 is 0 Å². The van der Waals surface area contributed by atoms with Gasteiger partial charge in [0.1, 0.15) is 11.4 Å². The van der Waals surface area contributed by atoms with Crippen molar-refractivity contribution in [2.45, 2.75) is 6.04 Å². The summed E-state index contributed by atoms with van der Waals surface area (Å²) < 4.78 is 18.7. The van der Waals surface area contributed by atoms with E-state index in [9.17, 15) is 14.0 Å². The molecule has 2 aliphatic rings. The molecule has 2 aromatic heterocycles. The lowest BCUT2D eigenvalue weighted by Crippen LogP contribution is -2.64.